The van der Waals surface area contributed by atoms with E-state index in [1.807, 2.05) is 0 Å². The van der Waals surface area contributed by atoms with Crippen LogP contribution in [0.2, 0.25) is 0 Å². The molecule has 0 aliphatic rings. The molecule has 25 heavy (non-hydrogen) atoms. The van der Waals surface area contributed by atoms with E-state index in [1.165, 1.54) is 25.7 Å². The normalized spacial score (nSPS) is 11.8. The Morgan fingerprint density at radius 2 is 1.24 bits per heavy atom. The van der Waals surface area contributed by atoms with Crippen LogP contribution in [0.15, 0.2) is 0 Å². The maximum Gasteiger partial charge on any atom is 0.241 e. The van der Waals surface area contributed by atoms with Gasteiger partial charge in [0, 0.05) is 19.4 Å². The zero-order chi connectivity index (χ0) is 18.9. The summed E-state index contributed by atoms with van der Waals surface area (Å²) in [5.41, 5.74) is 5.31. The van der Waals surface area contributed by atoms with Crippen molar-refractivity contribution in [2.24, 2.45) is 5.73 Å². The summed E-state index contributed by atoms with van der Waals surface area (Å²) >= 11 is 0. The molecule has 0 saturated carbocycles. The minimum absolute atomic E-state index is 0.0586. The number of nitrogens with two attached hydrogens (primary N) is 1. The number of hydrogen-bond acceptors (Lipinski definition) is 3. The molecule has 0 aromatic heterocycles. The second-order valence-corrected chi connectivity index (χ2v) is 6.65. The van der Waals surface area contributed by atoms with Gasteiger partial charge in [0.2, 0.25) is 17.7 Å². The van der Waals surface area contributed by atoms with E-state index in [2.05, 4.69) is 24.5 Å². The smallest absolute Gasteiger partial charge is 0.241 e. The molecule has 6 nitrogen and oxygen atoms in total. The van der Waals surface area contributed by atoms with Gasteiger partial charge < -0.3 is 16.4 Å². The largest absolute Gasteiger partial charge is 0.368 e. The molecule has 1 unspecified atom stereocenters. The summed E-state index contributed by atoms with van der Waals surface area (Å²) in [6, 6.07) is -0.841. The third-order valence-electron chi connectivity index (χ3n) is 4.20. The van der Waals surface area contributed by atoms with Crippen LogP contribution in [0.3, 0.4) is 0 Å². The SMILES string of the molecule is CCCCCCCCCC(=O)NC(CNC(=O)CCCCC)C(N)=O. The molecule has 3 amide bonds. The van der Waals surface area contributed by atoms with E-state index in [1.54, 1.807) is 0 Å². The Bertz CT molecular complexity index is 386. The van der Waals surface area contributed by atoms with Crippen molar-refractivity contribution in [2.45, 2.75) is 96.9 Å². The average molecular weight is 356 g/mol. The summed E-state index contributed by atoms with van der Waals surface area (Å²) in [7, 11) is 0. The van der Waals surface area contributed by atoms with Crippen molar-refractivity contribution in [2.75, 3.05) is 6.54 Å². The van der Waals surface area contributed by atoms with E-state index in [4.69, 9.17) is 5.73 Å². The molecule has 0 aliphatic carbocycles. The lowest BCUT2D eigenvalue weighted by Gasteiger charge is -2.16. The second-order valence-electron chi connectivity index (χ2n) is 6.65. The van der Waals surface area contributed by atoms with Crippen LogP contribution in [0.5, 0.6) is 0 Å². The Hall–Kier alpha value is -1.59. The van der Waals surface area contributed by atoms with Crippen molar-refractivity contribution < 1.29 is 14.4 Å². The summed E-state index contributed by atoms with van der Waals surface area (Å²) in [5, 5.41) is 5.29. The first-order chi connectivity index (χ1) is 12.0. The molecule has 0 saturated heterocycles. The fourth-order valence-electron chi connectivity index (χ4n) is 2.57. The van der Waals surface area contributed by atoms with Gasteiger partial charge in [-0.1, -0.05) is 65.2 Å². The third-order valence-corrected chi connectivity index (χ3v) is 4.20. The summed E-state index contributed by atoms with van der Waals surface area (Å²) in [6.45, 7) is 4.32. The summed E-state index contributed by atoms with van der Waals surface area (Å²) in [4.78, 5) is 35.0. The van der Waals surface area contributed by atoms with Gasteiger partial charge >= 0.3 is 0 Å². The Labute approximate surface area is 152 Å². The molecular weight excluding hydrogens is 318 g/mol. The van der Waals surface area contributed by atoms with Gasteiger partial charge in [-0.15, -0.1) is 0 Å². The van der Waals surface area contributed by atoms with Crippen molar-refractivity contribution in [3.05, 3.63) is 0 Å². The van der Waals surface area contributed by atoms with Crippen molar-refractivity contribution in [1.29, 1.82) is 0 Å². The number of hydrogen-bond donors (Lipinski definition) is 3. The average Bonchev–Trinajstić information content (AvgIpc) is 2.57. The van der Waals surface area contributed by atoms with Crippen LogP contribution >= 0.6 is 0 Å². The fraction of sp³-hybridized carbons (Fsp3) is 0.842. The van der Waals surface area contributed by atoms with Gasteiger partial charge in [-0.25, -0.2) is 0 Å². The number of amides is 3. The molecule has 0 fully saturated rings. The Balaban J connectivity index is 3.91. The van der Waals surface area contributed by atoms with Gasteiger partial charge in [-0.3, -0.25) is 14.4 Å². The highest BCUT2D eigenvalue weighted by atomic mass is 16.2. The molecule has 0 aromatic carbocycles. The number of nitrogens with one attached hydrogen (secondary N) is 2. The molecule has 0 aliphatic heterocycles. The maximum atomic E-state index is 11.9. The quantitative estimate of drug-likeness (QED) is 0.371. The van der Waals surface area contributed by atoms with E-state index >= 15 is 0 Å². The highest BCUT2D eigenvalue weighted by Crippen LogP contribution is 2.08. The summed E-state index contributed by atoms with van der Waals surface area (Å²) < 4.78 is 0. The van der Waals surface area contributed by atoms with Crippen LogP contribution in [-0.4, -0.2) is 30.3 Å². The third kappa shape index (κ3) is 14.5. The van der Waals surface area contributed by atoms with Crippen molar-refractivity contribution in [3.8, 4) is 0 Å². The zero-order valence-corrected chi connectivity index (χ0v) is 16.1. The number of carbonyl (C=O) groups is 3. The van der Waals surface area contributed by atoms with Crippen molar-refractivity contribution in [3.63, 3.8) is 0 Å². The molecule has 0 aromatic rings. The van der Waals surface area contributed by atoms with Gasteiger partial charge in [0.1, 0.15) is 6.04 Å². The Morgan fingerprint density at radius 1 is 0.760 bits per heavy atom. The molecule has 4 N–H and O–H groups in total. The highest BCUT2D eigenvalue weighted by molar-refractivity contribution is 5.87. The lowest BCUT2D eigenvalue weighted by molar-refractivity contribution is -0.128. The van der Waals surface area contributed by atoms with Crippen LogP contribution in [0.1, 0.15) is 90.9 Å². The van der Waals surface area contributed by atoms with Crippen LogP contribution in [0, 0.1) is 0 Å². The molecule has 6 heteroatoms. The van der Waals surface area contributed by atoms with Gasteiger partial charge in [0.25, 0.3) is 0 Å². The first kappa shape index (κ1) is 23.4. The Morgan fingerprint density at radius 3 is 1.84 bits per heavy atom. The molecule has 0 bridgehead atoms. The topological polar surface area (TPSA) is 101 Å². The van der Waals surface area contributed by atoms with E-state index in [9.17, 15) is 14.4 Å². The second kappa shape index (κ2) is 15.9. The molecule has 1 atom stereocenters. The Kier molecular flexibility index (Phi) is 14.9. The van der Waals surface area contributed by atoms with Crippen LogP contribution in [0.4, 0.5) is 0 Å². The first-order valence-electron chi connectivity index (χ1n) is 9.86. The number of primary amides is 1. The van der Waals surface area contributed by atoms with E-state index < -0.39 is 11.9 Å². The molecule has 0 rings (SSSR count). The molecule has 0 spiro atoms. The predicted octanol–water partition coefficient (Wildman–Crippen LogP) is 2.79. The van der Waals surface area contributed by atoms with Gasteiger partial charge in [-0.05, 0) is 12.8 Å². The fourth-order valence-corrected chi connectivity index (χ4v) is 2.57. The zero-order valence-electron chi connectivity index (χ0n) is 16.1. The number of unbranched alkanes of at least 4 members (excludes halogenated alkanes) is 8. The lowest BCUT2D eigenvalue weighted by atomic mass is 10.1. The molecule has 0 heterocycles. The number of rotatable bonds is 16. The lowest BCUT2D eigenvalue weighted by Crippen LogP contribution is -2.51. The minimum Gasteiger partial charge on any atom is -0.368 e. The van der Waals surface area contributed by atoms with Crippen molar-refractivity contribution in [1.82, 2.24) is 10.6 Å². The molecule has 146 valence electrons. The van der Waals surface area contributed by atoms with Gasteiger partial charge in [-0.2, -0.15) is 0 Å². The van der Waals surface area contributed by atoms with Crippen molar-refractivity contribution >= 4 is 17.7 Å². The van der Waals surface area contributed by atoms with Crippen LogP contribution < -0.4 is 16.4 Å². The molecule has 0 radical (unpaired) electrons. The maximum absolute atomic E-state index is 11.9. The standard InChI is InChI=1S/C19H37N3O3/c1-3-5-7-8-9-10-12-14-18(24)22-16(19(20)25)15-21-17(23)13-11-6-4-2/h16H,3-15H2,1-2H3,(H2,20,25)(H,21,23)(H,22,24). The minimum atomic E-state index is -0.841. The summed E-state index contributed by atoms with van der Waals surface area (Å²) in [5.74, 6) is -0.916. The predicted molar refractivity (Wildman–Crippen MR) is 101 cm³/mol. The van der Waals surface area contributed by atoms with E-state index in [0.717, 1.165) is 38.5 Å². The first-order valence-corrected chi connectivity index (χ1v) is 9.86. The van der Waals surface area contributed by atoms with Crippen LogP contribution in [-0.2, 0) is 14.4 Å². The van der Waals surface area contributed by atoms with E-state index in [0.29, 0.717) is 12.8 Å². The molecular formula is C19H37N3O3. The number of carbonyl (C=O) groups excluding carboxylic acids is 3. The summed E-state index contributed by atoms with van der Waals surface area (Å²) in [6.07, 6.45) is 11.6. The highest BCUT2D eigenvalue weighted by Gasteiger charge is 2.18. The van der Waals surface area contributed by atoms with Crippen LogP contribution in [0.25, 0.3) is 0 Å². The monoisotopic (exact) mass is 355 g/mol. The van der Waals surface area contributed by atoms with E-state index in [-0.39, 0.29) is 18.4 Å². The van der Waals surface area contributed by atoms with Gasteiger partial charge in [0.15, 0.2) is 0 Å². The van der Waals surface area contributed by atoms with Gasteiger partial charge in [0.05, 0.1) is 0 Å².